The topological polar surface area (TPSA) is 47.7 Å². The number of halogens is 1. The maximum atomic E-state index is 5.50. The van der Waals surface area contributed by atoms with Crippen LogP contribution in [0.3, 0.4) is 0 Å². The van der Waals surface area contributed by atoms with E-state index in [4.69, 9.17) is 10.8 Å². The molecular formula is C2H7ClN2. The van der Waals surface area contributed by atoms with Crippen LogP contribution in [0.1, 0.15) is 0 Å². The first-order valence-corrected chi connectivity index (χ1v) is 0.707. The van der Waals surface area contributed by atoms with Gasteiger partial charge in [0.05, 0.1) is 0 Å². The summed E-state index contributed by atoms with van der Waals surface area (Å²) in [5, 5.41) is 11.0. The third kappa shape index (κ3) is 70.4. The van der Waals surface area contributed by atoms with E-state index in [0.717, 1.165) is 0 Å². The Morgan fingerprint density at radius 1 is 0.800 bits per heavy atom. The van der Waals surface area contributed by atoms with Gasteiger partial charge in [0, 0.05) is 0 Å². The Hall–Kier alpha value is -0.370. The summed E-state index contributed by atoms with van der Waals surface area (Å²) >= 11 is 0. The van der Waals surface area contributed by atoms with Crippen molar-refractivity contribution in [3.8, 4) is 0 Å². The molecule has 0 heterocycles. The van der Waals surface area contributed by atoms with Crippen molar-refractivity contribution in [3.05, 3.63) is 0 Å². The van der Waals surface area contributed by atoms with Gasteiger partial charge >= 0.3 is 0 Å². The zero-order valence-electron chi connectivity index (χ0n) is 2.82. The predicted molar refractivity (Wildman–Crippen MR) is 26.9 cm³/mol. The fourth-order valence-electron chi connectivity index (χ4n) is 0. The number of hydrogen-bond acceptors (Lipinski definition) is 2. The molecule has 0 aliphatic rings. The monoisotopic (exact) mass is 94.0 g/mol. The number of hydrogen-bond donors (Lipinski definition) is 2. The Morgan fingerprint density at radius 2 is 0.800 bits per heavy atom. The van der Waals surface area contributed by atoms with Crippen molar-refractivity contribution in [1.82, 2.24) is 0 Å². The van der Waals surface area contributed by atoms with Crippen molar-refractivity contribution < 1.29 is 0 Å². The predicted octanol–water partition coefficient (Wildman–Crippen LogP) is 0.953. The molecule has 0 saturated carbocycles. The minimum absolute atomic E-state index is 0. The van der Waals surface area contributed by atoms with Crippen molar-refractivity contribution in [3.63, 3.8) is 0 Å². The van der Waals surface area contributed by atoms with Crippen LogP contribution in [-0.4, -0.2) is 13.4 Å². The van der Waals surface area contributed by atoms with Gasteiger partial charge in [-0.15, -0.1) is 12.4 Å². The van der Waals surface area contributed by atoms with Gasteiger partial charge in [-0.3, -0.25) is 0 Å². The summed E-state index contributed by atoms with van der Waals surface area (Å²) in [5.41, 5.74) is 0. The number of nitrogens with one attached hydrogen (secondary N) is 2. The first-order valence-electron chi connectivity index (χ1n) is 0.707. The van der Waals surface area contributed by atoms with Gasteiger partial charge in [0.2, 0.25) is 0 Å². The molecule has 0 saturated heterocycles. The van der Waals surface area contributed by atoms with Crippen LogP contribution >= 0.6 is 12.4 Å². The van der Waals surface area contributed by atoms with Gasteiger partial charge in [-0.1, -0.05) is 0 Å². The molecule has 0 aromatic heterocycles. The van der Waals surface area contributed by atoms with Gasteiger partial charge in [-0.05, 0) is 13.4 Å². The highest BCUT2D eigenvalue weighted by atomic mass is 35.5. The molecule has 0 rings (SSSR count). The molecule has 2 N–H and O–H groups in total. The first kappa shape index (κ1) is 23.0. The van der Waals surface area contributed by atoms with Gasteiger partial charge in [0.25, 0.3) is 0 Å². The van der Waals surface area contributed by atoms with Crippen LogP contribution in [0.5, 0.6) is 0 Å². The highest BCUT2D eigenvalue weighted by Gasteiger charge is 0.557. The quantitative estimate of drug-likeness (QED) is 0.420. The molecule has 0 aromatic carbocycles. The molecule has 3 heteroatoms. The van der Waals surface area contributed by atoms with Gasteiger partial charge in [-0.2, -0.15) is 0 Å². The third-order valence-corrected chi connectivity index (χ3v) is 0. The van der Waals surface area contributed by atoms with Crippen LogP contribution in [0.25, 0.3) is 0 Å². The van der Waals surface area contributed by atoms with Crippen molar-refractivity contribution in [2.75, 3.05) is 0 Å². The van der Waals surface area contributed by atoms with Crippen molar-refractivity contribution >= 4 is 25.8 Å². The molecule has 0 bridgehead atoms. The van der Waals surface area contributed by atoms with Gasteiger partial charge in [0.15, 0.2) is 0 Å². The zero-order chi connectivity index (χ0) is 4.00. The molecule has 0 aliphatic heterocycles. The average Bonchev–Trinajstić information content (AvgIpc) is 1.50. The molecule has 32 valence electrons. The summed E-state index contributed by atoms with van der Waals surface area (Å²) in [7, 11) is 0. The minimum atomic E-state index is 0. The maximum absolute atomic E-state index is 5.50. The average molecular weight is 94.5 g/mol. The van der Waals surface area contributed by atoms with E-state index in [9.17, 15) is 0 Å². The molecule has 0 aromatic rings. The summed E-state index contributed by atoms with van der Waals surface area (Å²) < 4.78 is 0. The Bertz CT molecular complexity index is 9.61. The van der Waals surface area contributed by atoms with Crippen LogP contribution in [0.2, 0.25) is 0 Å². The fourth-order valence-corrected chi connectivity index (χ4v) is 0. The Labute approximate surface area is 37.6 Å². The minimum Gasteiger partial charge on any atom is -0.317 e. The summed E-state index contributed by atoms with van der Waals surface area (Å²) in [6, 6.07) is 0. The highest BCUT2D eigenvalue weighted by molar-refractivity contribution is 5.85. The molecule has 0 amide bonds. The van der Waals surface area contributed by atoms with Crippen molar-refractivity contribution in [2.45, 2.75) is 0 Å². The summed E-state index contributed by atoms with van der Waals surface area (Å²) in [4.78, 5) is 0. The van der Waals surface area contributed by atoms with Crippen LogP contribution in [0.4, 0.5) is 0 Å². The lowest BCUT2D eigenvalue weighted by Crippen LogP contribution is -0.827. The zero-order valence-corrected chi connectivity index (χ0v) is 3.64. The Kier molecular flexibility index (Phi) is 842. The van der Waals surface area contributed by atoms with E-state index in [-0.39, 0.29) is 12.4 Å². The van der Waals surface area contributed by atoms with Gasteiger partial charge in [0.1, 0.15) is 0 Å². The van der Waals surface area contributed by atoms with Crippen molar-refractivity contribution in [2.24, 2.45) is 0 Å². The largest absolute Gasteiger partial charge is 0.317 e. The third-order valence-electron chi connectivity index (χ3n) is 0. The van der Waals surface area contributed by atoms with E-state index in [0.29, 0.717) is 0 Å². The van der Waals surface area contributed by atoms with E-state index in [1.165, 1.54) is 0 Å². The van der Waals surface area contributed by atoms with Gasteiger partial charge in [-0.25, -0.2) is 0 Å². The SMILES string of the molecule is C=N.C=N.Cl. The first-order chi connectivity index (χ1) is 2.00. The second-order valence-corrected chi connectivity index (χ2v) is 0. The van der Waals surface area contributed by atoms with Crippen LogP contribution in [0, 0.1) is 10.8 Å². The van der Waals surface area contributed by atoms with Crippen LogP contribution in [-0.2, 0) is 0 Å². The molecule has 0 radical (unpaired) electrons. The molecule has 2 nitrogen and oxygen atoms in total. The second-order valence-electron chi connectivity index (χ2n) is 0. The summed E-state index contributed by atoms with van der Waals surface area (Å²) in [6.45, 7) is 5.00. The normalized spacial score (nSPS) is 1.60. The standard InChI is InChI=1S/2CH3N.ClH/c2*1-2;/h2*2H,1H2;1H. The van der Waals surface area contributed by atoms with Crippen molar-refractivity contribution in [1.29, 1.82) is 10.8 Å². The van der Waals surface area contributed by atoms with Crippen LogP contribution in [0.15, 0.2) is 0 Å². The Morgan fingerprint density at radius 3 is 0.800 bits per heavy atom. The lowest BCUT2D eigenvalue weighted by Gasteiger charge is -0.890. The molecular weight excluding hydrogens is 87.5 g/mol. The summed E-state index contributed by atoms with van der Waals surface area (Å²) in [5.74, 6) is 0. The number of rotatable bonds is 0. The van der Waals surface area contributed by atoms with E-state index in [1.54, 1.807) is 0 Å². The molecule has 5 heavy (non-hydrogen) atoms. The van der Waals surface area contributed by atoms with E-state index < -0.39 is 0 Å². The van der Waals surface area contributed by atoms with E-state index >= 15 is 0 Å². The molecule has 0 fully saturated rings. The second kappa shape index (κ2) is 183. The highest BCUT2D eigenvalue weighted by Crippen LogP contribution is 0.690. The fraction of sp³-hybridized carbons (Fsp3) is 0. The molecule has 0 aliphatic carbocycles. The van der Waals surface area contributed by atoms with E-state index in [2.05, 4.69) is 13.4 Å². The van der Waals surface area contributed by atoms with Crippen LogP contribution < -0.4 is 0 Å². The van der Waals surface area contributed by atoms with E-state index in [1.807, 2.05) is 0 Å². The lowest BCUT2D eigenvalue weighted by molar-refractivity contribution is 1.61. The molecule has 0 unspecified atom stereocenters. The molecule has 0 spiro atoms. The lowest BCUT2D eigenvalue weighted by atomic mass is 11.8. The summed E-state index contributed by atoms with van der Waals surface area (Å²) in [6.07, 6.45) is 0. The maximum Gasteiger partial charge on any atom is -0.0187 e. The smallest absolute Gasteiger partial charge is 0.0187 e. The van der Waals surface area contributed by atoms with Gasteiger partial charge < -0.3 is 10.8 Å². The molecule has 0 atom stereocenters. The Balaban J connectivity index is -0.0000000133.